The molecule has 3 aromatic rings. The van der Waals surface area contributed by atoms with Crippen LogP contribution in [0.3, 0.4) is 0 Å². The Bertz CT molecular complexity index is 943. The van der Waals surface area contributed by atoms with E-state index in [-0.39, 0.29) is 17.1 Å². The molecule has 0 amide bonds. The molecular formula is C16H10FN3O3. The van der Waals surface area contributed by atoms with Gasteiger partial charge < -0.3 is 14.5 Å². The van der Waals surface area contributed by atoms with Gasteiger partial charge in [-0.3, -0.25) is 0 Å². The second-order valence-corrected chi connectivity index (χ2v) is 4.62. The molecule has 7 heteroatoms. The Morgan fingerprint density at radius 2 is 2.22 bits per heavy atom. The summed E-state index contributed by atoms with van der Waals surface area (Å²) >= 11 is 0. The quantitative estimate of drug-likeness (QED) is 0.751. The first-order valence-corrected chi connectivity index (χ1v) is 6.55. The van der Waals surface area contributed by atoms with Crippen molar-refractivity contribution in [1.29, 1.82) is 5.26 Å². The molecule has 114 valence electrons. The first-order valence-electron chi connectivity index (χ1n) is 6.55. The average Bonchev–Trinajstić information content (AvgIpc) is 2.96. The molecule has 1 aromatic carbocycles. The number of esters is 1. The lowest BCUT2D eigenvalue weighted by Crippen LogP contribution is -2.04. The van der Waals surface area contributed by atoms with Crippen molar-refractivity contribution in [2.24, 2.45) is 0 Å². The summed E-state index contributed by atoms with van der Waals surface area (Å²) in [7, 11) is 1.22. The minimum atomic E-state index is -0.645. The van der Waals surface area contributed by atoms with Gasteiger partial charge in [0.15, 0.2) is 0 Å². The number of nitriles is 1. The number of H-pyrrole nitrogens is 1. The van der Waals surface area contributed by atoms with E-state index in [1.54, 1.807) is 6.07 Å². The van der Waals surface area contributed by atoms with Gasteiger partial charge >= 0.3 is 5.97 Å². The summed E-state index contributed by atoms with van der Waals surface area (Å²) in [6.07, 6.45) is 2.94. The normalized spacial score (nSPS) is 10.3. The Hall–Kier alpha value is -3.40. The van der Waals surface area contributed by atoms with E-state index < -0.39 is 11.8 Å². The molecule has 23 heavy (non-hydrogen) atoms. The zero-order chi connectivity index (χ0) is 16.4. The highest BCUT2D eigenvalue weighted by molar-refractivity contribution is 5.92. The van der Waals surface area contributed by atoms with Crippen molar-refractivity contribution >= 4 is 17.0 Å². The van der Waals surface area contributed by atoms with Crippen molar-refractivity contribution in [3.8, 4) is 17.6 Å². The van der Waals surface area contributed by atoms with Gasteiger partial charge in [-0.2, -0.15) is 5.26 Å². The molecule has 0 spiro atoms. The smallest absolute Gasteiger partial charge is 0.341 e. The highest BCUT2D eigenvalue weighted by atomic mass is 19.1. The number of halogens is 1. The van der Waals surface area contributed by atoms with Crippen LogP contribution in [0.2, 0.25) is 0 Å². The number of pyridine rings is 1. The van der Waals surface area contributed by atoms with Gasteiger partial charge in [0.25, 0.3) is 0 Å². The van der Waals surface area contributed by atoms with E-state index in [9.17, 15) is 9.18 Å². The number of hydrogen-bond donors (Lipinski definition) is 1. The fraction of sp³-hybridized carbons (Fsp3) is 0.0625. The van der Waals surface area contributed by atoms with Crippen LogP contribution >= 0.6 is 0 Å². The minimum absolute atomic E-state index is 0.00652. The van der Waals surface area contributed by atoms with E-state index in [4.69, 9.17) is 10.00 Å². The molecule has 0 bridgehead atoms. The van der Waals surface area contributed by atoms with Crippen molar-refractivity contribution in [2.45, 2.75) is 0 Å². The topological polar surface area (TPSA) is 88.0 Å². The number of benzene rings is 1. The van der Waals surface area contributed by atoms with E-state index in [2.05, 4.69) is 14.7 Å². The van der Waals surface area contributed by atoms with Crippen molar-refractivity contribution in [2.75, 3.05) is 7.11 Å². The summed E-state index contributed by atoms with van der Waals surface area (Å²) in [6.45, 7) is 0. The molecular weight excluding hydrogens is 301 g/mol. The number of hydrogen-bond acceptors (Lipinski definition) is 5. The van der Waals surface area contributed by atoms with Crippen molar-refractivity contribution in [3.63, 3.8) is 0 Å². The predicted molar refractivity (Wildman–Crippen MR) is 78.6 cm³/mol. The highest BCUT2D eigenvalue weighted by Gasteiger charge is 2.15. The van der Waals surface area contributed by atoms with Crippen LogP contribution in [0.15, 0.2) is 36.7 Å². The number of fused-ring (bicyclic) bond motifs is 1. The van der Waals surface area contributed by atoms with Crippen LogP contribution in [0.1, 0.15) is 15.9 Å². The molecule has 0 aliphatic rings. The third-order valence-corrected chi connectivity index (χ3v) is 3.20. The van der Waals surface area contributed by atoms with Crippen molar-refractivity contribution in [3.05, 3.63) is 53.6 Å². The molecule has 0 saturated heterocycles. The Balaban J connectivity index is 2.03. The number of rotatable bonds is 3. The standard InChI is InChI=1S/C16H10FN3O3/c1-22-16(21)12-3-2-10(17)4-14(12)23-11-5-13-9(6-18)7-19-15(13)20-8-11/h2-5,7-8H,1H3,(H,19,20). The number of carbonyl (C=O) groups excluding carboxylic acids is 1. The van der Waals surface area contributed by atoms with Gasteiger partial charge in [-0.05, 0) is 18.2 Å². The highest BCUT2D eigenvalue weighted by Crippen LogP contribution is 2.29. The van der Waals surface area contributed by atoms with E-state index >= 15 is 0 Å². The van der Waals surface area contributed by atoms with Crippen molar-refractivity contribution < 1.29 is 18.7 Å². The second-order valence-electron chi connectivity index (χ2n) is 4.62. The van der Waals surface area contributed by atoms with E-state index in [0.717, 1.165) is 12.1 Å². The summed E-state index contributed by atoms with van der Waals surface area (Å²) in [5, 5.41) is 9.61. The summed E-state index contributed by atoms with van der Waals surface area (Å²) in [6, 6.07) is 7.11. The number of ether oxygens (including phenoxy) is 2. The molecule has 0 aliphatic carbocycles. The lowest BCUT2D eigenvalue weighted by atomic mass is 10.2. The van der Waals surface area contributed by atoms with Gasteiger partial charge in [0, 0.05) is 17.6 Å². The first kappa shape index (κ1) is 14.5. The third-order valence-electron chi connectivity index (χ3n) is 3.20. The molecule has 0 fully saturated rings. The molecule has 2 heterocycles. The Morgan fingerprint density at radius 1 is 1.39 bits per heavy atom. The Morgan fingerprint density at radius 3 is 2.96 bits per heavy atom. The maximum atomic E-state index is 13.4. The number of methoxy groups -OCH3 is 1. The third kappa shape index (κ3) is 2.70. The average molecular weight is 311 g/mol. The van der Waals surface area contributed by atoms with Crippen LogP contribution in [0.25, 0.3) is 11.0 Å². The number of aromatic nitrogens is 2. The van der Waals surface area contributed by atoms with E-state index in [1.807, 2.05) is 6.07 Å². The summed E-state index contributed by atoms with van der Waals surface area (Å²) in [4.78, 5) is 18.7. The van der Waals surface area contributed by atoms with Gasteiger partial charge in [-0.15, -0.1) is 0 Å². The SMILES string of the molecule is COC(=O)c1ccc(F)cc1Oc1cnc2[nH]cc(C#N)c2c1. The number of nitrogens with one attached hydrogen (secondary N) is 1. The molecule has 0 aliphatic heterocycles. The first-order chi connectivity index (χ1) is 11.1. The molecule has 3 rings (SSSR count). The second kappa shape index (κ2) is 5.77. The van der Waals surface area contributed by atoms with E-state index in [0.29, 0.717) is 16.6 Å². The monoisotopic (exact) mass is 311 g/mol. The Kier molecular flexibility index (Phi) is 3.65. The number of carbonyl (C=O) groups is 1. The summed E-state index contributed by atoms with van der Waals surface area (Å²) in [5.41, 5.74) is 1.02. The molecule has 0 saturated carbocycles. The predicted octanol–water partition coefficient (Wildman–Crippen LogP) is 3.15. The van der Waals surface area contributed by atoms with Crippen LogP contribution in [0, 0.1) is 17.1 Å². The zero-order valence-corrected chi connectivity index (χ0v) is 12.0. The van der Waals surface area contributed by atoms with Crippen LogP contribution in [-0.2, 0) is 4.74 Å². The largest absolute Gasteiger partial charge is 0.465 e. The van der Waals surface area contributed by atoms with Crippen LogP contribution in [0.5, 0.6) is 11.5 Å². The molecule has 2 aromatic heterocycles. The van der Waals surface area contributed by atoms with Crippen molar-refractivity contribution in [1.82, 2.24) is 9.97 Å². The van der Waals surface area contributed by atoms with Gasteiger partial charge in [-0.25, -0.2) is 14.2 Å². The maximum Gasteiger partial charge on any atom is 0.341 e. The summed E-state index contributed by atoms with van der Waals surface area (Å²) < 4.78 is 23.7. The lowest BCUT2D eigenvalue weighted by molar-refractivity contribution is 0.0598. The molecule has 0 unspecified atom stereocenters. The number of aromatic amines is 1. The molecule has 0 radical (unpaired) electrons. The van der Waals surface area contributed by atoms with Gasteiger partial charge in [0.1, 0.15) is 34.6 Å². The maximum absolute atomic E-state index is 13.4. The molecule has 0 atom stereocenters. The van der Waals surface area contributed by atoms with Crippen LogP contribution in [-0.4, -0.2) is 23.0 Å². The fourth-order valence-electron chi connectivity index (χ4n) is 2.12. The fourth-order valence-corrected chi connectivity index (χ4v) is 2.12. The number of nitrogens with zero attached hydrogens (tertiary/aromatic N) is 2. The van der Waals surface area contributed by atoms with Gasteiger partial charge in [0.2, 0.25) is 0 Å². The Labute approximate surface area is 130 Å². The van der Waals surface area contributed by atoms with Gasteiger partial charge in [0.05, 0.1) is 18.9 Å². The zero-order valence-electron chi connectivity index (χ0n) is 12.0. The van der Waals surface area contributed by atoms with Crippen LogP contribution < -0.4 is 4.74 Å². The molecule has 6 nitrogen and oxygen atoms in total. The van der Waals surface area contributed by atoms with E-state index in [1.165, 1.54) is 25.6 Å². The lowest BCUT2D eigenvalue weighted by Gasteiger charge is -2.10. The summed E-state index contributed by atoms with van der Waals surface area (Å²) in [5.74, 6) is -0.925. The van der Waals surface area contributed by atoms with Crippen LogP contribution in [0.4, 0.5) is 4.39 Å². The molecule has 1 N–H and O–H groups in total. The van der Waals surface area contributed by atoms with Gasteiger partial charge in [-0.1, -0.05) is 0 Å². The minimum Gasteiger partial charge on any atom is -0.465 e.